The van der Waals surface area contributed by atoms with Crippen molar-refractivity contribution in [2.45, 2.75) is 30.9 Å². The number of piperidine rings is 3. The number of aliphatic hydroxyl groups is 1. The molecule has 2 aromatic rings. The molecule has 1 atom stereocenters. The summed E-state index contributed by atoms with van der Waals surface area (Å²) >= 11 is 0. The molecule has 3 fully saturated rings. The van der Waals surface area contributed by atoms with E-state index in [0.29, 0.717) is 17.4 Å². The van der Waals surface area contributed by atoms with Gasteiger partial charge >= 0.3 is 0 Å². The van der Waals surface area contributed by atoms with Crippen LogP contribution in [-0.2, 0) is 5.60 Å². The Balaban J connectivity index is 1.80. The first kappa shape index (κ1) is 12.2. The van der Waals surface area contributed by atoms with Crippen molar-refractivity contribution < 1.29 is 13.9 Å². The highest BCUT2D eigenvalue weighted by molar-refractivity contribution is 5.28. The molecule has 0 aromatic carbocycles. The van der Waals surface area contributed by atoms with Crippen LogP contribution in [0.2, 0.25) is 0 Å². The molecule has 4 nitrogen and oxygen atoms in total. The van der Waals surface area contributed by atoms with E-state index in [0.717, 1.165) is 19.5 Å². The van der Waals surface area contributed by atoms with Crippen LogP contribution in [0.25, 0.3) is 0 Å². The Hall–Kier alpha value is -1.52. The predicted molar refractivity (Wildman–Crippen MR) is 73.1 cm³/mol. The first-order chi connectivity index (χ1) is 9.78. The average molecular weight is 273 g/mol. The number of nitrogens with zero attached hydrogens (tertiary/aromatic N) is 1. The third-order valence-electron chi connectivity index (χ3n) is 4.92. The van der Waals surface area contributed by atoms with E-state index >= 15 is 0 Å². The second-order valence-corrected chi connectivity index (χ2v) is 5.95. The molecule has 106 valence electrons. The minimum absolute atomic E-state index is 0.0345. The lowest BCUT2D eigenvalue weighted by Crippen LogP contribution is -2.58. The highest BCUT2D eigenvalue weighted by atomic mass is 16.4. The predicted octanol–water partition coefficient (Wildman–Crippen LogP) is 2.59. The Morgan fingerprint density at radius 1 is 1.05 bits per heavy atom. The molecule has 4 heteroatoms. The minimum Gasteiger partial charge on any atom is -0.466 e. The van der Waals surface area contributed by atoms with Crippen LogP contribution < -0.4 is 0 Å². The van der Waals surface area contributed by atoms with Gasteiger partial charge in [0, 0.05) is 0 Å². The van der Waals surface area contributed by atoms with Gasteiger partial charge in [-0.2, -0.15) is 0 Å². The first-order valence-electron chi connectivity index (χ1n) is 7.33. The van der Waals surface area contributed by atoms with E-state index in [4.69, 9.17) is 8.83 Å². The van der Waals surface area contributed by atoms with Gasteiger partial charge in [0.15, 0.2) is 5.60 Å². The monoisotopic (exact) mass is 273 g/mol. The number of fused-ring (bicyclic) bond motifs is 3. The molecule has 2 bridgehead atoms. The van der Waals surface area contributed by atoms with Crippen LogP contribution in [0.1, 0.15) is 30.8 Å². The first-order valence-corrected chi connectivity index (χ1v) is 7.33. The summed E-state index contributed by atoms with van der Waals surface area (Å²) in [4.78, 5) is 2.38. The SMILES string of the molecule is OC(c1ccco1)(c1ccco1)[C@@H]1CC2CCN1CC2. The van der Waals surface area contributed by atoms with E-state index in [1.54, 1.807) is 12.5 Å². The van der Waals surface area contributed by atoms with Crippen LogP contribution in [0.4, 0.5) is 0 Å². The third kappa shape index (κ3) is 1.68. The number of furan rings is 2. The minimum atomic E-state index is -1.19. The molecule has 20 heavy (non-hydrogen) atoms. The molecule has 0 amide bonds. The van der Waals surface area contributed by atoms with Crippen LogP contribution in [0.3, 0.4) is 0 Å². The molecule has 3 saturated heterocycles. The molecular weight excluding hydrogens is 254 g/mol. The van der Waals surface area contributed by atoms with Crippen LogP contribution in [-0.4, -0.2) is 29.1 Å². The lowest BCUT2D eigenvalue weighted by molar-refractivity contribution is -0.0943. The molecule has 0 aliphatic carbocycles. The van der Waals surface area contributed by atoms with Crippen LogP contribution in [0, 0.1) is 5.92 Å². The molecule has 2 aromatic heterocycles. The van der Waals surface area contributed by atoms with Crippen molar-refractivity contribution in [1.29, 1.82) is 0 Å². The van der Waals surface area contributed by atoms with Crippen molar-refractivity contribution in [3.05, 3.63) is 48.3 Å². The van der Waals surface area contributed by atoms with Crippen LogP contribution >= 0.6 is 0 Å². The van der Waals surface area contributed by atoms with Gasteiger partial charge in [0.2, 0.25) is 0 Å². The number of hydrogen-bond acceptors (Lipinski definition) is 4. The normalized spacial score (nSPS) is 29.8. The molecule has 0 radical (unpaired) electrons. The van der Waals surface area contributed by atoms with Crippen LogP contribution in [0.15, 0.2) is 45.6 Å². The van der Waals surface area contributed by atoms with Gasteiger partial charge in [-0.15, -0.1) is 0 Å². The summed E-state index contributed by atoms with van der Waals surface area (Å²) in [6.45, 7) is 2.11. The fourth-order valence-corrected chi connectivity index (χ4v) is 3.84. The van der Waals surface area contributed by atoms with E-state index in [1.807, 2.05) is 24.3 Å². The van der Waals surface area contributed by atoms with Gasteiger partial charge in [0.1, 0.15) is 11.5 Å². The molecule has 0 unspecified atom stereocenters. The Bertz CT molecular complexity index is 518. The van der Waals surface area contributed by atoms with E-state index in [-0.39, 0.29) is 6.04 Å². The van der Waals surface area contributed by atoms with E-state index < -0.39 is 5.60 Å². The maximum absolute atomic E-state index is 11.4. The average Bonchev–Trinajstić information content (AvgIpc) is 3.21. The summed E-state index contributed by atoms with van der Waals surface area (Å²) in [5, 5.41) is 11.4. The zero-order valence-electron chi connectivity index (χ0n) is 11.4. The van der Waals surface area contributed by atoms with Gasteiger partial charge in [-0.05, 0) is 62.5 Å². The molecule has 3 aliphatic heterocycles. The fourth-order valence-electron chi connectivity index (χ4n) is 3.84. The highest BCUT2D eigenvalue weighted by Gasteiger charge is 2.51. The summed E-state index contributed by atoms with van der Waals surface area (Å²) < 4.78 is 11.1. The summed E-state index contributed by atoms with van der Waals surface area (Å²) in [5.41, 5.74) is -1.19. The Morgan fingerprint density at radius 2 is 1.65 bits per heavy atom. The summed E-state index contributed by atoms with van der Waals surface area (Å²) in [7, 11) is 0. The topological polar surface area (TPSA) is 49.8 Å². The molecule has 0 saturated carbocycles. The van der Waals surface area contributed by atoms with E-state index in [2.05, 4.69) is 4.90 Å². The Morgan fingerprint density at radius 3 is 2.05 bits per heavy atom. The Labute approximate surface area is 118 Å². The van der Waals surface area contributed by atoms with Gasteiger partial charge in [0.25, 0.3) is 0 Å². The summed E-state index contributed by atoms with van der Waals surface area (Å²) in [5.74, 6) is 1.86. The Kier molecular flexibility index (Phi) is 2.75. The highest BCUT2D eigenvalue weighted by Crippen LogP contribution is 2.44. The lowest BCUT2D eigenvalue weighted by atomic mass is 9.74. The van der Waals surface area contributed by atoms with E-state index in [1.165, 1.54) is 12.8 Å². The third-order valence-corrected chi connectivity index (χ3v) is 4.92. The molecule has 5 rings (SSSR count). The smallest absolute Gasteiger partial charge is 0.195 e. The van der Waals surface area contributed by atoms with Crippen molar-refractivity contribution >= 4 is 0 Å². The molecule has 0 spiro atoms. The standard InChI is InChI=1S/C16H19NO3/c18-16(14-3-1-9-19-14,15-4-2-10-20-15)13-11-12-5-7-17(13)8-6-12/h1-4,9-10,12-13,18H,5-8,11H2/t13-/m0/s1. The second-order valence-electron chi connectivity index (χ2n) is 5.95. The van der Waals surface area contributed by atoms with Crippen LogP contribution in [0.5, 0.6) is 0 Å². The van der Waals surface area contributed by atoms with Crippen molar-refractivity contribution in [3.8, 4) is 0 Å². The van der Waals surface area contributed by atoms with Gasteiger partial charge in [-0.3, -0.25) is 4.90 Å². The molecular formula is C16H19NO3. The largest absolute Gasteiger partial charge is 0.466 e. The van der Waals surface area contributed by atoms with Crippen molar-refractivity contribution in [2.75, 3.05) is 13.1 Å². The fraction of sp³-hybridized carbons (Fsp3) is 0.500. The molecule has 3 aliphatic rings. The molecule has 1 N–H and O–H groups in total. The number of rotatable bonds is 3. The van der Waals surface area contributed by atoms with Crippen molar-refractivity contribution in [1.82, 2.24) is 4.90 Å². The van der Waals surface area contributed by atoms with Crippen molar-refractivity contribution in [3.63, 3.8) is 0 Å². The number of hydrogen-bond donors (Lipinski definition) is 1. The van der Waals surface area contributed by atoms with Gasteiger partial charge in [0.05, 0.1) is 18.6 Å². The van der Waals surface area contributed by atoms with E-state index in [9.17, 15) is 5.11 Å². The summed E-state index contributed by atoms with van der Waals surface area (Å²) in [6, 6.07) is 7.35. The summed E-state index contributed by atoms with van der Waals surface area (Å²) in [6.07, 6.45) is 6.70. The van der Waals surface area contributed by atoms with Gasteiger partial charge < -0.3 is 13.9 Å². The van der Waals surface area contributed by atoms with Gasteiger partial charge in [-0.1, -0.05) is 0 Å². The van der Waals surface area contributed by atoms with Gasteiger partial charge in [-0.25, -0.2) is 0 Å². The lowest BCUT2D eigenvalue weighted by Gasteiger charge is -2.50. The maximum atomic E-state index is 11.4. The molecule has 5 heterocycles. The zero-order chi connectivity index (χ0) is 13.6. The quantitative estimate of drug-likeness (QED) is 0.934. The van der Waals surface area contributed by atoms with Crippen molar-refractivity contribution in [2.24, 2.45) is 5.92 Å². The maximum Gasteiger partial charge on any atom is 0.195 e. The zero-order valence-corrected chi connectivity index (χ0v) is 11.4. The second kappa shape index (κ2) is 4.50.